The van der Waals surface area contributed by atoms with Crippen LogP contribution in [-0.4, -0.2) is 16.5 Å². The van der Waals surface area contributed by atoms with E-state index in [2.05, 4.69) is 34.1 Å². The largest absolute Gasteiger partial charge is 0.389 e. The lowest BCUT2D eigenvalue weighted by Gasteiger charge is -2.12. The molecular formula is C22H22F2N4S. The van der Waals surface area contributed by atoms with E-state index in [-0.39, 0.29) is 4.90 Å². The van der Waals surface area contributed by atoms with Crippen LogP contribution in [0.15, 0.2) is 76.6 Å². The normalized spacial score (nSPS) is 11.5. The van der Waals surface area contributed by atoms with E-state index in [4.69, 9.17) is 0 Å². The predicted octanol–water partition coefficient (Wildman–Crippen LogP) is 5.89. The Bertz CT molecular complexity index is 1070. The molecule has 3 rings (SSSR count). The third-order valence-corrected chi connectivity index (χ3v) is 4.92. The molecule has 0 radical (unpaired) electrons. The van der Waals surface area contributed by atoms with Crippen LogP contribution in [0, 0.1) is 11.6 Å². The van der Waals surface area contributed by atoms with Gasteiger partial charge in [-0.05, 0) is 55.4 Å². The molecule has 0 aliphatic rings. The Hall–Kier alpha value is -2.93. The maximum absolute atomic E-state index is 14.0. The minimum absolute atomic E-state index is 0.256. The molecule has 0 aliphatic heterocycles. The number of halogens is 2. The van der Waals surface area contributed by atoms with Gasteiger partial charge in [-0.1, -0.05) is 25.6 Å². The summed E-state index contributed by atoms with van der Waals surface area (Å²) in [4.78, 5) is 9.29. The molecule has 0 saturated carbocycles. The standard InChI is InChI=1S/C22H22F2N4S/c1-4-11-25-14(2)12-15(3)26-21-17-7-5-6-8-19(17)27-22(28-21)29-20-10-9-16(23)13-18(20)24/h5-10,12-13,25H,3-4,11H2,1-2H3,(H,26,27,28)/b14-12-. The molecule has 2 N–H and O–H groups in total. The van der Waals surface area contributed by atoms with Gasteiger partial charge in [-0.15, -0.1) is 0 Å². The fraction of sp³-hybridized carbons (Fsp3) is 0.182. The van der Waals surface area contributed by atoms with E-state index < -0.39 is 11.6 Å². The molecule has 0 atom stereocenters. The second-order valence-corrected chi connectivity index (χ2v) is 7.46. The number of fused-ring (bicyclic) bond motifs is 1. The first-order valence-corrected chi connectivity index (χ1v) is 10.1. The van der Waals surface area contributed by atoms with Crippen molar-refractivity contribution in [2.24, 2.45) is 0 Å². The Balaban J connectivity index is 1.91. The monoisotopic (exact) mass is 412 g/mol. The van der Waals surface area contributed by atoms with Gasteiger partial charge in [-0.25, -0.2) is 18.7 Å². The Kier molecular flexibility index (Phi) is 6.82. The molecule has 1 aromatic heterocycles. The van der Waals surface area contributed by atoms with Crippen LogP contribution in [0.5, 0.6) is 0 Å². The van der Waals surface area contributed by atoms with E-state index >= 15 is 0 Å². The van der Waals surface area contributed by atoms with Gasteiger partial charge < -0.3 is 10.6 Å². The molecule has 0 spiro atoms. The van der Waals surface area contributed by atoms with Gasteiger partial charge in [0.25, 0.3) is 0 Å². The lowest BCUT2D eigenvalue weighted by Crippen LogP contribution is -2.12. The summed E-state index contributed by atoms with van der Waals surface area (Å²) >= 11 is 1.04. The molecule has 7 heteroatoms. The molecule has 0 unspecified atom stereocenters. The molecule has 0 fully saturated rings. The van der Waals surface area contributed by atoms with Gasteiger partial charge in [0.1, 0.15) is 17.5 Å². The van der Waals surface area contributed by atoms with Crippen LogP contribution in [0.25, 0.3) is 10.9 Å². The highest BCUT2D eigenvalue weighted by molar-refractivity contribution is 7.99. The molecular weight excluding hydrogens is 390 g/mol. The summed E-state index contributed by atoms with van der Waals surface area (Å²) in [5.74, 6) is -0.694. The summed E-state index contributed by atoms with van der Waals surface area (Å²) < 4.78 is 27.2. The number of hydrogen-bond acceptors (Lipinski definition) is 5. The topological polar surface area (TPSA) is 49.8 Å². The zero-order chi connectivity index (χ0) is 20.8. The van der Waals surface area contributed by atoms with Crippen molar-refractivity contribution in [3.05, 3.63) is 78.1 Å². The van der Waals surface area contributed by atoms with E-state index in [0.29, 0.717) is 22.2 Å². The minimum Gasteiger partial charge on any atom is -0.389 e. The second kappa shape index (κ2) is 9.52. The highest BCUT2D eigenvalue weighted by atomic mass is 32.2. The minimum atomic E-state index is -0.647. The average molecular weight is 413 g/mol. The zero-order valence-electron chi connectivity index (χ0n) is 16.3. The first-order valence-electron chi connectivity index (χ1n) is 9.24. The quantitative estimate of drug-likeness (QED) is 0.357. The first-order chi connectivity index (χ1) is 14.0. The molecule has 1 heterocycles. The Morgan fingerprint density at radius 2 is 1.97 bits per heavy atom. The lowest BCUT2D eigenvalue weighted by molar-refractivity contribution is 0.565. The van der Waals surface area contributed by atoms with Gasteiger partial charge in [0.2, 0.25) is 0 Å². The van der Waals surface area contributed by atoms with E-state index in [1.165, 1.54) is 12.1 Å². The van der Waals surface area contributed by atoms with Crippen LogP contribution in [0.1, 0.15) is 20.3 Å². The Morgan fingerprint density at radius 3 is 2.72 bits per heavy atom. The smallest absolute Gasteiger partial charge is 0.195 e. The van der Waals surface area contributed by atoms with Crippen LogP contribution < -0.4 is 10.6 Å². The maximum atomic E-state index is 14.0. The number of nitrogens with zero attached hydrogens (tertiary/aromatic N) is 2. The van der Waals surface area contributed by atoms with Gasteiger partial charge in [0.15, 0.2) is 5.16 Å². The van der Waals surface area contributed by atoms with Crippen molar-refractivity contribution >= 4 is 28.5 Å². The van der Waals surface area contributed by atoms with Crippen LogP contribution in [0.3, 0.4) is 0 Å². The van der Waals surface area contributed by atoms with E-state index in [1.54, 1.807) is 0 Å². The van der Waals surface area contributed by atoms with E-state index in [1.807, 2.05) is 37.3 Å². The van der Waals surface area contributed by atoms with Crippen molar-refractivity contribution in [1.82, 2.24) is 15.3 Å². The second-order valence-electron chi connectivity index (χ2n) is 6.45. The summed E-state index contributed by atoms with van der Waals surface area (Å²) in [6.07, 6.45) is 2.93. The van der Waals surface area contributed by atoms with Crippen molar-refractivity contribution in [2.45, 2.75) is 30.3 Å². The highest BCUT2D eigenvalue weighted by Crippen LogP contribution is 2.31. The van der Waals surface area contributed by atoms with Crippen molar-refractivity contribution in [1.29, 1.82) is 0 Å². The Morgan fingerprint density at radius 1 is 1.17 bits per heavy atom. The third kappa shape index (κ3) is 5.54. The summed E-state index contributed by atoms with van der Waals surface area (Å²) in [6.45, 7) is 9.00. The number of aromatic nitrogens is 2. The maximum Gasteiger partial charge on any atom is 0.195 e. The van der Waals surface area contributed by atoms with E-state index in [0.717, 1.165) is 41.9 Å². The average Bonchev–Trinajstić information content (AvgIpc) is 2.68. The van der Waals surface area contributed by atoms with Gasteiger partial charge >= 0.3 is 0 Å². The van der Waals surface area contributed by atoms with Crippen molar-refractivity contribution in [3.63, 3.8) is 0 Å². The SMILES string of the molecule is C=C(/C=C(/C)NCCC)Nc1nc(Sc2ccc(F)cc2F)nc2ccccc12. The summed E-state index contributed by atoms with van der Waals surface area (Å²) in [5, 5.41) is 7.69. The fourth-order valence-electron chi connectivity index (χ4n) is 2.68. The summed E-state index contributed by atoms with van der Waals surface area (Å²) in [6, 6.07) is 11.0. The molecule has 150 valence electrons. The first kappa shape index (κ1) is 20.8. The molecule has 3 aromatic rings. The van der Waals surface area contributed by atoms with Crippen LogP contribution >= 0.6 is 11.8 Å². The molecule has 0 amide bonds. The van der Waals surface area contributed by atoms with Crippen molar-refractivity contribution in [3.8, 4) is 0 Å². The molecule has 0 saturated heterocycles. The highest BCUT2D eigenvalue weighted by Gasteiger charge is 2.12. The molecule has 4 nitrogen and oxygen atoms in total. The Labute approximate surface area is 173 Å². The predicted molar refractivity (Wildman–Crippen MR) is 115 cm³/mol. The number of para-hydroxylation sites is 1. The number of rotatable bonds is 8. The van der Waals surface area contributed by atoms with Crippen molar-refractivity contribution < 1.29 is 8.78 Å². The van der Waals surface area contributed by atoms with Crippen LogP contribution in [-0.2, 0) is 0 Å². The summed E-state index contributed by atoms with van der Waals surface area (Å²) in [5.41, 5.74) is 2.37. The number of nitrogens with one attached hydrogen (secondary N) is 2. The molecule has 0 bridgehead atoms. The summed E-state index contributed by atoms with van der Waals surface area (Å²) in [7, 11) is 0. The van der Waals surface area contributed by atoms with Gasteiger partial charge in [0.05, 0.1) is 10.4 Å². The molecule has 29 heavy (non-hydrogen) atoms. The molecule has 2 aromatic carbocycles. The van der Waals surface area contributed by atoms with Crippen LogP contribution in [0.2, 0.25) is 0 Å². The van der Waals surface area contributed by atoms with Gasteiger partial charge in [-0.3, -0.25) is 0 Å². The van der Waals surface area contributed by atoms with Crippen LogP contribution in [0.4, 0.5) is 14.6 Å². The zero-order valence-corrected chi connectivity index (χ0v) is 17.1. The fourth-order valence-corrected chi connectivity index (χ4v) is 3.45. The number of hydrogen-bond donors (Lipinski definition) is 2. The number of allylic oxidation sites excluding steroid dienone is 2. The van der Waals surface area contributed by atoms with E-state index in [9.17, 15) is 8.78 Å². The molecule has 0 aliphatic carbocycles. The number of benzene rings is 2. The van der Waals surface area contributed by atoms with Gasteiger partial charge in [-0.2, -0.15) is 0 Å². The lowest BCUT2D eigenvalue weighted by atomic mass is 10.2. The third-order valence-electron chi connectivity index (χ3n) is 4.00. The van der Waals surface area contributed by atoms with Crippen molar-refractivity contribution in [2.75, 3.05) is 11.9 Å². The van der Waals surface area contributed by atoms with Gasteiger partial charge in [0, 0.05) is 29.4 Å². The number of anilines is 1.